The van der Waals surface area contributed by atoms with E-state index in [4.69, 9.17) is 4.52 Å². The van der Waals surface area contributed by atoms with Gasteiger partial charge in [-0.3, -0.25) is 4.79 Å². The van der Waals surface area contributed by atoms with Crippen LogP contribution in [0.15, 0.2) is 23.0 Å². The molecule has 134 valence electrons. The summed E-state index contributed by atoms with van der Waals surface area (Å²) in [4.78, 5) is 23.3. The van der Waals surface area contributed by atoms with Crippen molar-refractivity contribution < 1.29 is 9.32 Å². The summed E-state index contributed by atoms with van der Waals surface area (Å²) in [5.74, 6) is 1.56. The van der Waals surface area contributed by atoms with Crippen LogP contribution < -0.4 is 0 Å². The second kappa shape index (κ2) is 5.89. The molecular weight excluding hydrogens is 332 g/mol. The van der Waals surface area contributed by atoms with Gasteiger partial charge in [0.2, 0.25) is 5.76 Å². The van der Waals surface area contributed by atoms with Gasteiger partial charge in [-0.05, 0) is 38.7 Å². The first-order valence-corrected chi connectivity index (χ1v) is 9.12. The lowest BCUT2D eigenvalue weighted by atomic mass is 9.94. The number of amides is 1. The van der Waals surface area contributed by atoms with Gasteiger partial charge in [0.25, 0.3) is 11.7 Å². The second-order valence-electron chi connectivity index (χ2n) is 7.27. The number of fused-ring (bicyclic) bond motifs is 1. The van der Waals surface area contributed by atoms with E-state index in [-0.39, 0.29) is 11.8 Å². The average Bonchev–Trinajstić information content (AvgIpc) is 3.19. The van der Waals surface area contributed by atoms with E-state index in [0.717, 1.165) is 49.3 Å². The quantitative estimate of drug-likeness (QED) is 0.719. The minimum atomic E-state index is -0.0743. The molecule has 1 saturated carbocycles. The highest BCUT2D eigenvalue weighted by atomic mass is 16.5. The Morgan fingerprint density at radius 3 is 2.96 bits per heavy atom. The van der Waals surface area contributed by atoms with E-state index in [1.54, 1.807) is 4.52 Å². The van der Waals surface area contributed by atoms with E-state index in [1.807, 2.05) is 24.0 Å². The standard InChI is InChI=1S/C18H20N6O2/c1-11-7-15(24-18(21-11)19-10-20-24)13-3-2-6-23(9-13)17(25)16-8-14(22-26-16)12-4-5-12/h7-8,10,12-13H,2-6,9H2,1H3. The predicted octanol–water partition coefficient (Wildman–Crippen LogP) is 2.32. The van der Waals surface area contributed by atoms with Gasteiger partial charge in [0.1, 0.15) is 6.33 Å². The van der Waals surface area contributed by atoms with Crippen LogP contribution in [0, 0.1) is 6.92 Å². The van der Waals surface area contributed by atoms with Crippen molar-refractivity contribution in [1.82, 2.24) is 29.6 Å². The van der Waals surface area contributed by atoms with Crippen LogP contribution in [0.3, 0.4) is 0 Å². The Morgan fingerprint density at radius 2 is 2.12 bits per heavy atom. The van der Waals surface area contributed by atoms with Crippen molar-refractivity contribution in [3.63, 3.8) is 0 Å². The smallest absolute Gasteiger partial charge is 0.292 e. The zero-order chi connectivity index (χ0) is 17.7. The molecule has 8 nitrogen and oxygen atoms in total. The van der Waals surface area contributed by atoms with Crippen molar-refractivity contribution in [3.8, 4) is 0 Å². The molecule has 8 heteroatoms. The van der Waals surface area contributed by atoms with E-state index in [9.17, 15) is 4.79 Å². The molecule has 1 atom stereocenters. The fourth-order valence-electron chi connectivity index (χ4n) is 3.77. The highest BCUT2D eigenvalue weighted by Gasteiger charge is 2.32. The van der Waals surface area contributed by atoms with Gasteiger partial charge >= 0.3 is 0 Å². The van der Waals surface area contributed by atoms with Crippen LogP contribution >= 0.6 is 0 Å². The number of piperidine rings is 1. The molecule has 1 unspecified atom stereocenters. The number of carbonyl (C=O) groups excluding carboxylic acids is 1. The van der Waals surface area contributed by atoms with Crippen LogP contribution in [0.1, 0.15) is 65.2 Å². The molecule has 5 rings (SSSR count). The molecular formula is C18H20N6O2. The Morgan fingerprint density at radius 1 is 1.23 bits per heavy atom. The highest BCUT2D eigenvalue weighted by Crippen LogP contribution is 2.39. The number of aromatic nitrogens is 5. The van der Waals surface area contributed by atoms with E-state index < -0.39 is 0 Å². The summed E-state index contributed by atoms with van der Waals surface area (Å²) in [6, 6.07) is 3.86. The second-order valence-corrected chi connectivity index (χ2v) is 7.27. The molecule has 1 aliphatic heterocycles. The summed E-state index contributed by atoms with van der Waals surface area (Å²) in [5, 5.41) is 8.37. The molecule has 3 aromatic heterocycles. The van der Waals surface area contributed by atoms with Crippen LogP contribution in [0.5, 0.6) is 0 Å². The lowest BCUT2D eigenvalue weighted by Gasteiger charge is -2.32. The first-order valence-electron chi connectivity index (χ1n) is 9.12. The van der Waals surface area contributed by atoms with Crippen molar-refractivity contribution in [2.45, 2.75) is 44.4 Å². The summed E-state index contributed by atoms with van der Waals surface area (Å²) in [6.07, 6.45) is 5.75. The van der Waals surface area contributed by atoms with E-state index in [0.29, 0.717) is 24.0 Å². The molecule has 3 aromatic rings. The fraction of sp³-hybridized carbons (Fsp3) is 0.500. The van der Waals surface area contributed by atoms with Gasteiger partial charge in [-0.25, -0.2) is 9.50 Å². The zero-order valence-corrected chi connectivity index (χ0v) is 14.6. The topological polar surface area (TPSA) is 89.4 Å². The molecule has 1 aliphatic carbocycles. The first-order chi connectivity index (χ1) is 12.7. The molecule has 0 spiro atoms. The summed E-state index contributed by atoms with van der Waals surface area (Å²) in [6.45, 7) is 3.33. The van der Waals surface area contributed by atoms with E-state index in [2.05, 4.69) is 20.2 Å². The van der Waals surface area contributed by atoms with Gasteiger partial charge in [0, 0.05) is 36.7 Å². The number of nitrogens with zero attached hydrogens (tertiary/aromatic N) is 6. The fourth-order valence-corrected chi connectivity index (χ4v) is 3.77. The Bertz CT molecular complexity index is 973. The van der Waals surface area contributed by atoms with Gasteiger partial charge < -0.3 is 9.42 Å². The molecule has 0 N–H and O–H groups in total. The average molecular weight is 352 g/mol. The molecule has 1 amide bonds. The number of rotatable bonds is 3. The summed E-state index contributed by atoms with van der Waals surface area (Å²) >= 11 is 0. The van der Waals surface area contributed by atoms with Crippen LogP contribution in [0.4, 0.5) is 0 Å². The minimum Gasteiger partial charge on any atom is -0.351 e. The van der Waals surface area contributed by atoms with Gasteiger partial charge in [-0.15, -0.1) is 0 Å². The molecule has 0 aromatic carbocycles. The number of likely N-dealkylation sites (tertiary alicyclic amines) is 1. The van der Waals surface area contributed by atoms with Crippen LogP contribution in [-0.2, 0) is 0 Å². The maximum Gasteiger partial charge on any atom is 0.292 e. The van der Waals surface area contributed by atoms with Crippen LogP contribution in [0.25, 0.3) is 5.78 Å². The Kier molecular flexibility index (Phi) is 3.51. The van der Waals surface area contributed by atoms with Crippen molar-refractivity contribution in [2.24, 2.45) is 0 Å². The molecule has 0 bridgehead atoms. The molecule has 26 heavy (non-hydrogen) atoms. The first kappa shape index (κ1) is 15.5. The molecule has 1 saturated heterocycles. The van der Waals surface area contributed by atoms with E-state index in [1.165, 1.54) is 6.33 Å². The SMILES string of the molecule is Cc1cc(C2CCCN(C(=O)c3cc(C4CC4)no3)C2)n2ncnc2n1. The maximum atomic E-state index is 12.9. The summed E-state index contributed by atoms with van der Waals surface area (Å²) in [7, 11) is 0. The third kappa shape index (κ3) is 2.65. The van der Waals surface area contributed by atoms with Crippen molar-refractivity contribution >= 4 is 11.7 Å². The number of aryl methyl sites for hydroxylation is 1. The van der Waals surface area contributed by atoms with Crippen molar-refractivity contribution in [3.05, 3.63) is 41.3 Å². The monoisotopic (exact) mass is 352 g/mol. The van der Waals surface area contributed by atoms with Crippen LogP contribution in [-0.4, -0.2) is 48.6 Å². The van der Waals surface area contributed by atoms with Gasteiger partial charge in [0.15, 0.2) is 0 Å². The van der Waals surface area contributed by atoms with Gasteiger partial charge in [-0.1, -0.05) is 5.16 Å². The highest BCUT2D eigenvalue weighted by molar-refractivity contribution is 5.91. The normalized spacial score (nSPS) is 20.7. The summed E-state index contributed by atoms with van der Waals surface area (Å²) < 4.78 is 7.10. The van der Waals surface area contributed by atoms with Crippen LogP contribution in [0.2, 0.25) is 0 Å². The van der Waals surface area contributed by atoms with Crippen molar-refractivity contribution in [2.75, 3.05) is 13.1 Å². The van der Waals surface area contributed by atoms with Crippen molar-refractivity contribution in [1.29, 1.82) is 0 Å². The Balaban J connectivity index is 1.40. The van der Waals surface area contributed by atoms with Gasteiger partial charge in [0.05, 0.1) is 11.4 Å². The van der Waals surface area contributed by atoms with E-state index >= 15 is 0 Å². The largest absolute Gasteiger partial charge is 0.351 e. The number of hydrogen-bond donors (Lipinski definition) is 0. The zero-order valence-electron chi connectivity index (χ0n) is 14.6. The Hall–Kier alpha value is -2.77. The number of hydrogen-bond acceptors (Lipinski definition) is 6. The molecule has 2 aliphatic rings. The maximum absolute atomic E-state index is 12.9. The minimum absolute atomic E-state index is 0.0743. The summed E-state index contributed by atoms with van der Waals surface area (Å²) in [5.41, 5.74) is 2.88. The molecule has 2 fully saturated rings. The molecule has 0 radical (unpaired) electrons. The lowest BCUT2D eigenvalue weighted by molar-refractivity contribution is 0.0663. The lowest BCUT2D eigenvalue weighted by Crippen LogP contribution is -2.39. The molecule has 4 heterocycles. The third-order valence-electron chi connectivity index (χ3n) is 5.27. The van der Waals surface area contributed by atoms with Gasteiger partial charge in [-0.2, -0.15) is 10.1 Å². The predicted molar refractivity (Wildman–Crippen MR) is 91.9 cm³/mol. The Labute approximate surface area is 150 Å². The number of carbonyl (C=O) groups is 1. The third-order valence-corrected chi connectivity index (χ3v) is 5.27.